The van der Waals surface area contributed by atoms with Gasteiger partial charge in [-0.2, -0.15) is 0 Å². The molecule has 98 valence electrons. The molecule has 6 heteroatoms. The molecule has 4 nitrogen and oxygen atoms in total. The molecule has 0 fully saturated rings. The molecule has 0 bridgehead atoms. The Balaban J connectivity index is 3.39. The molecule has 0 aliphatic carbocycles. The largest absolute Gasteiger partial charge is 0.372 e. The van der Waals surface area contributed by atoms with Crippen molar-refractivity contribution in [3.05, 3.63) is 12.7 Å². The average Bonchev–Trinajstić information content (AvgIpc) is 2.34. The molecule has 17 heavy (non-hydrogen) atoms. The Morgan fingerprint density at radius 2 is 2.35 bits per heavy atom. The third kappa shape index (κ3) is 10.4. The van der Waals surface area contributed by atoms with E-state index in [4.69, 9.17) is 4.74 Å². The van der Waals surface area contributed by atoms with Crippen molar-refractivity contribution < 1.29 is 9.53 Å². The second-order valence-electron chi connectivity index (χ2n) is 3.07. The van der Waals surface area contributed by atoms with Crippen LogP contribution in [-0.2, 0) is 9.53 Å². The smallest absolute Gasteiger partial charge is 0.246 e. The van der Waals surface area contributed by atoms with E-state index in [1.807, 2.05) is 6.92 Å². The lowest BCUT2D eigenvalue weighted by Gasteiger charge is -2.05. The van der Waals surface area contributed by atoms with Crippen molar-refractivity contribution in [1.29, 1.82) is 0 Å². The fourth-order valence-electron chi connectivity index (χ4n) is 0.857. The third-order valence-corrected chi connectivity index (χ3v) is 4.00. The highest BCUT2D eigenvalue weighted by atomic mass is 33.1. The summed E-state index contributed by atoms with van der Waals surface area (Å²) < 4.78 is 5.12. The molecule has 1 N–H and O–H groups in total. The highest BCUT2D eigenvalue weighted by Crippen LogP contribution is 2.22. The lowest BCUT2D eigenvalue weighted by molar-refractivity contribution is -0.125. The van der Waals surface area contributed by atoms with Crippen LogP contribution >= 0.6 is 21.6 Å². The van der Waals surface area contributed by atoms with Crippen molar-refractivity contribution in [2.75, 3.05) is 32.6 Å². The van der Waals surface area contributed by atoms with Crippen LogP contribution in [0.3, 0.4) is 0 Å². The van der Waals surface area contributed by atoms with Gasteiger partial charge in [-0.05, 0) is 23.3 Å². The van der Waals surface area contributed by atoms with Gasteiger partial charge in [0.15, 0.2) is 0 Å². The van der Waals surface area contributed by atoms with Crippen LogP contribution in [0, 0.1) is 0 Å². The fourth-order valence-corrected chi connectivity index (χ4v) is 2.68. The van der Waals surface area contributed by atoms with E-state index in [-0.39, 0.29) is 12.5 Å². The van der Waals surface area contributed by atoms with Gasteiger partial charge in [0.25, 0.3) is 0 Å². The fraction of sp³-hybridized carbons (Fsp3) is 0.636. The van der Waals surface area contributed by atoms with Gasteiger partial charge in [-0.25, -0.2) is 0 Å². The number of ether oxygens (including phenoxy) is 1. The maximum Gasteiger partial charge on any atom is 0.246 e. The van der Waals surface area contributed by atoms with Crippen molar-refractivity contribution in [3.8, 4) is 0 Å². The minimum absolute atomic E-state index is 0.0582. The summed E-state index contributed by atoms with van der Waals surface area (Å²) in [5.74, 6) is 0.772. The Hall–Kier alpha value is -0.460. The van der Waals surface area contributed by atoms with E-state index < -0.39 is 0 Å². The van der Waals surface area contributed by atoms with Crippen molar-refractivity contribution >= 4 is 32.5 Å². The predicted molar refractivity (Wildman–Crippen MR) is 77.7 cm³/mol. The minimum atomic E-state index is -0.0582. The van der Waals surface area contributed by atoms with Gasteiger partial charge in [-0.15, -0.1) is 0 Å². The normalized spacial score (nSPS) is 11.3. The number of hydrogen-bond donors (Lipinski definition) is 1. The van der Waals surface area contributed by atoms with Crippen LogP contribution in [-0.4, -0.2) is 43.5 Å². The first-order valence-electron chi connectivity index (χ1n) is 5.47. The van der Waals surface area contributed by atoms with Crippen LogP contribution in [0.4, 0.5) is 0 Å². The highest BCUT2D eigenvalue weighted by molar-refractivity contribution is 8.82. The number of amides is 1. The Morgan fingerprint density at radius 3 is 2.94 bits per heavy atom. The molecule has 0 radical (unpaired) electrons. The van der Waals surface area contributed by atoms with Crippen molar-refractivity contribution in [2.24, 2.45) is 4.99 Å². The van der Waals surface area contributed by atoms with Crippen molar-refractivity contribution in [3.63, 3.8) is 0 Å². The molecule has 0 aromatic heterocycles. The van der Waals surface area contributed by atoms with Gasteiger partial charge in [-0.1, -0.05) is 24.3 Å². The third-order valence-electron chi connectivity index (χ3n) is 1.63. The number of rotatable bonds is 9. The zero-order chi connectivity index (χ0) is 12.9. The SMILES string of the molecule is C=CC(=NC)SSCCNC(=O)COCCC. The second kappa shape index (κ2) is 12.0. The molecule has 0 aromatic carbocycles. The molecular weight excluding hydrogens is 256 g/mol. The molecule has 0 rings (SSSR count). The molecule has 0 spiro atoms. The number of carbonyl (C=O) groups is 1. The van der Waals surface area contributed by atoms with Crippen LogP contribution in [0.15, 0.2) is 17.6 Å². The minimum Gasteiger partial charge on any atom is -0.372 e. The number of carbonyl (C=O) groups excluding carboxylic acids is 1. The molecular formula is C11H20N2O2S2. The summed E-state index contributed by atoms with van der Waals surface area (Å²) in [5.41, 5.74) is 0. The molecule has 0 aliphatic rings. The summed E-state index contributed by atoms with van der Waals surface area (Å²) in [6.07, 6.45) is 2.65. The van der Waals surface area contributed by atoms with E-state index in [2.05, 4.69) is 16.9 Å². The average molecular weight is 276 g/mol. The predicted octanol–water partition coefficient (Wildman–Crippen LogP) is 2.12. The first-order chi connectivity index (χ1) is 8.24. The molecule has 0 atom stereocenters. The van der Waals surface area contributed by atoms with Gasteiger partial charge in [0, 0.05) is 26.0 Å². The van der Waals surface area contributed by atoms with Gasteiger partial charge in [0.2, 0.25) is 5.91 Å². The second-order valence-corrected chi connectivity index (χ2v) is 5.51. The van der Waals surface area contributed by atoms with Crippen LogP contribution in [0.1, 0.15) is 13.3 Å². The number of nitrogens with zero attached hydrogens (tertiary/aromatic N) is 1. The zero-order valence-electron chi connectivity index (χ0n) is 10.4. The summed E-state index contributed by atoms with van der Waals surface area (Å²) >= 11 is 0. The number of hydrogen-bond acceptors (Lipinski definition) is 5. The summed E-state index contributed by atoms with van der Waals surface area (Å²) in [7, 11) is 4.93. The van der Waals surface area contributed by atoms with Gasteiger partial charge < -0.3 is 10.1 Å². The highest BCUT2D eigenvalue weighted by Gasteiger charge is 2.00. The first kappa shape index (κ1) is 16.5. The Bertz CT molecular complexity index is 258. The van der Waals surface area contributed by atoms with E-state index in [0.29, 0.717) is 13.2 Å². The maximum absolute atomic E-state index is 11.2. The maximum atomic E-state index is 11.2. The molecule has 1 amide bonds. The lowest BCUT2D eigenvalue weighted by Crippen LogP contribution is -2.29. The standard InChI is InChI=1S/C11H20N2O2S2/c1-4-7-15-9-10(14)13-6-8-16-17-11(5-2)12-3/h5H,2,4,6-9H2,1,3H3,(H,13,14). The zero-order valence-corrected chi connectivity index (χ0v) is 12.0. The Morgan fingerprint density at radius 1 is 1.59 bits per heavy atom. The summed E-state index contributed by atoms with van der Waals surface area (Å²) in [6.45, 7) is 7.09. The number of aliphatic imine (C=N–C) groups is 1. The molecule has 0 heterocycles. The van der Waals surface area contributed by atoms with E-state index >= 15 is 0 Å². The lowest BCUT2D eigenvalue weighted by atomic mass is 10.5. The first-order valence-corrected chi connectivity index (χ1v) is 7.79. The molecule has 0 saturated carbocycles. The van der Waals surface area contributed by atoms with Gasteiger partial charge in [0.1, 0.15) is 6.61 Å². The van der Waals surface area contributed by atoms with E-state index in [1.54, 1.807) is 34.7 Å². The summed E-state index contributed by atoms with van der Waals surface area (Å²) in [5, 5.41) is 3.68. The van der Waals surface area contributed by atoms with E-state index in [1.165, 1.54) is 0 Å². The van der Waals surface area contributed by atoms with Gasteiger partial charge in [-0.3, -0.25) is 9.79 Å². The van der Waals surface area contributed by atoms with E-state index in [0.717, 1.165) is 17.2 Å². The molecule has 0 aromatic rings. The van der Waals surface area contributed by atoms with Crippen molar-refractivity contribution in [1.82, 2.24) is 5.32 Å². The van der Waals surface area contributed by atoms with Crippen LogP contribution in [0.2, 0.25) is 0 Å². The molecule has 0 aliphatic heterocycles. The topological polar surface area (TPSA) is 50.7 Å². The van der Waals surface area contributed by atoms with Crippen LogP contribution < -0.4 is 5.32 Å². The quantitative estimate of drug-likeness (QED) is 0.303. The van der Waals surface area contributed by atoms with Gasteiger partial charge in [0.05, 0.1) is 5.04 Å². The Labute approximate surface area is 111 Å². The van der Waals surface area contributed by atoms with Crippen LogP contribution in [0.5, 0.6) is 0 Å². The summed E-state index contributed by atoms with van der Waals surface area (Å²) in [6, 6.07) is 0. The molecule has 0 saturated heterocycles. The van der Waals surface area contributed by atoms with Crippen molar-refractivity contribution in [2.45, 2.75) is 13.3 Å². The Kier molecular flexibility index (Phi) is 11.7. The summed E-state index contributed by atoms with van der Waals surface area (Å²) in [4.78, 5) is 15.3. The molecule has 0 unspecified atom stereocenters. The van der Waals surface area contributed by atoms with E-state index in [9.17, 15) is 4.79 Å². The van der Waals surface area contributed by atoms with Crippen LogP contribution in [0.25, 0.3) is 0 Å². The van der Waals surface area contributed by atoms with Gasteiger partial charge >= 0.3 is 0 Å². The number of nitrogens with one attached hydrogen (secondary N) is 1. The monoisotopic (exact) mass is 276 g/mol.